The standard InChI is InChI=1S/C15H19BrN2O2/c1-20-10-3-4-13(16)11(6-10)15(19)18-7-9-2-5-14(17)12(9)8-18/h3-4,6,9,12,14H,2,5,7-8,17H2,1H3. The van der Waals surface area contributed by atoms with Gasteiger partial charge < -0.3 is 15.4 Å². The van der Waals surface area contributed by atoms with Crippen molar-refractivity contribution in [1.82, 2.24) is 4.90 Å². The van der Waals surface area contributed by atoms with Crippen LogP contribution >= 0.6 is 15.9 Å². The van der Waals surface area contributed by atoms with Crippen LogP contribution in [0.25, 0.3) is 0 Å². The number of rotatable bonds is 2. The third-order valence-corrected chi connectivity index (χ3v) is 5.29. The Morgan fingerprint density at radius 2 is 2.20 bits per heavy atom. The SMILES string of the molecule is COc1ccc(Br)c(C(=O)N2CC3CCC(N)C3C2)c1. The van der Waals surface area contributed by atoms with Gasteiger partial charge in [0.05, 0.1) is 12.7 Å². The molecule has 1 aliphatic carbocycles. The predicted molar refractivity (Wildman–Crippen MR) is 80.8 cm³/mol. The summed E-state index contributed by atoms with van der Waals surface area (Å²) in [7, 11) is 1.61. The molecule has 3 unspecified atom stereocenters. The Morgan fingerprint density at radius 3 is 2.90 bits per heavy atom. The largest absolute Gasteiger partial charge is 0.497 e. The molecule has 2 fully saturated rings. The zero-order valence-corrected chi connectivity index (χ0v) is 13.1. The summed E-state index contributed by atoms with van der Waals surface area (Å²) in [6, 6.07) is 5.75. The average Bonchev–Trinajstić information content (AvgIpc) is 3.01. The van der Waals surface area contributed by atoms with E-state index in [9.17, 15) is 4.79 Å². The molecular formula is C15H19BrN2O2. The average molecular weight is 339 g/mol. The summed E-state index contributed by atoms with van der Waals surface area (Å²) in [5, 5.41) is 0. The van der Waals surface area contributed by atoms with Gasteiger partial charge in [-0.05, 0) is 58.8 Å². The van der Waals surface area contributed by atoms with Crippen molar-refractivity contribution < 1.29 is 9.53 Å². The van der Waals surface area contributed by atoms with E-state index in [4.69, 9.17) is 10.5 Å². The van der Waals surface area contributed by atoms with Gasteiger partial charge in [0.1, 0.15) is 5.75 Å². The Morgan fingerprint density at radius 1 is 1.40 bits per heavy atom. The molecule has 1 saturated heterocycles. The van der Waals surface area contributed by atoms with Gasteiger partial charge in [-0.3, -0.25) is 4.79 Å². The summed E-state index contributed by atoms with van der Waals surface area (Å²) in [5.41, 5.74) is 6.79. The van der Waals surface area contributed by atoms with Crippen LogP contribution in [0.3, 0.4) is 0 Å². The first kappa shape index (κ1) is 13.9. The molecule has 4 nitrogen and oxygen atoms in total. The number of hydrogen-bond donors (Lipinski definition) is 1. The highest BCUT2D eigenvalue weighted by Crippen LogP contribution is 2.38. The number of fused-ring (bicyclic) bond motifs is 1. The van der Waals surface area contributed by atoms with E-state index in [-0.39, 0.29) is 11.9 Å². The zero-order chi connectivity index (χ0) is 14.3. The highest BCUT2D eigenvalue weighted by Gasteiger charge is 2.42. The van der Waals surface area contributed by atoms with E-state index in [2.05, 4.69) is 15.9 Å². The van der Waals surface area contributed by atoms with Crippen LogP contribution < -0.4 is 10.5 Å². The lowest BCUT2D eigenvalue weighted by Crippen LogP contribution is -2.33. The van der Waals surface area contributed by atoms with Gasteiger partial charge >= 0.3 is 0 Å². The monoisotopic (exact) mass is 338 g/mol. The second-order valence-corrected chi connectivity index (χ2v) is 6.58. The van der Waals surface area contributed by atoms with Crippen LogP contribution in [-0.2, 0) is 0 Å². The molecule has 3 atom stereocenters. The van der Waals surface area contributed by atoms with Crippen molar-refractivity contribution in [2.75, 3.05) is 20.2 Å². The van der Waals surface area contributed by atoms with Crippen molar-refractivity contribution in [2.45, 2.75) is 18.9 Å². The number of amides is 1. The fraction of sp³-hybridized carbons (Fsp3) is 0.533. The molecule has 1 saturated carbocycles. The topological polar surface area (TPSA) is 55.6 Å². The first-order chi connectivity index (χ1) is 9.60. The summed E-state index contributed by atoms with van der Waals surface area (Å²) in [6.07, 6.45) is 2.25. The quantitative estimate of drug-likeness (QED) is 0.899. The van der Waals surface area contributed by atoms with E-state index in [1.54, 1.807) is 13.2 Å². The number of halogens is 1. The lowest BCUT2D eigenvalue weighted by atomic mass is 9.98. The van der Waals surface area contributed by atoms with E-state index >= 15 is 0 Å². The number of ether oxygens (including phenoxy) is 1. The molecule has 1 amide bonds. The molecule has 1 aliphatic heterocycles. The maximum Gasteiger partial charge on any atom is 0.255 e. The maximum absolute atomic E-state index is 12.7. The lowest BCUT2D eigenvalue weighted by Gasteiger charge is -2.19. The third-order valence-electron chi connectivity index (χ3n) is 4.60. The highest BCUT2D eigenvalue weighted by atomic mass is 79.9. The Hall–Kier alpha value is -1.07. The first-order valence-electron chi connectivity index (χ1n) is 6.98. The molecule has 0 aromatic heterocycles. The van der Waals surface area contributed by atoms with E-state index < -0.39 is 0 Å². The molecule has 2 N–H and O–H groups in total. The second kappa shape index (κ2) is 5.37. The summed E-state index contributed by atoms with van der Waals surface area (Å²) in [4.78, 5) is 14.6. The summed E-state index contributed by atoms with van der Waals surface area (Å²) < 4.78 is 6.01. The minimum atomic E-state index is 0.0670. The second-order valence-electron chi connectivity index (χ2n) is 5.72. The molecular weight excluding hydrogens is 320 g/mol. The van der Waals surface area contributed by atoms with E-state index in [1.807, 2.05) is 17.0 Å². The molecule has 108 valence electrons. The Kier molecular flexibility index (Phi) is 3.73. The lowest BCUT2D eigenvalue weighted by molar-refractivity contribution is 0.0778. The van der Waals surface area contributed by atoms with E-state index in [1.165, 1.54) is 0 Å². The van der Waals surface area contributed by atoms with Crippen molar-refractivity contribution in [3.8, 4) is 5.75 Å². The zero-order valence-electron chi connectivity index (χ0n) is 11.5. The number of methoxy groups -OCH3 is 1. The van der Waals surface area contributed by atoms with Gasteiger partial charge in [0.15, 0.2) is 0 Å². The maximum atomic E-state index is 12.7. The van der Waals surface area contributed by atoms with Gasteiger partial charge in [-0.25, -0.2) is 0 Å². The van der Waals surface area contributed by atoms with Gasteiger partial charge in [0.25, 0.3) is 5.91 Å². The van der Waals surface area contributed by atoms with Crippen LogP contribution in [0.15, 0.2) is 22.7 Å². The van der Waals surface area contributed by atoms with Gasteiger partial charge in [0, 0.05) is 23.6 Å². The van der Waals surface area contributed by atoms with Crippen molar-refractivity contribution in [2.24, 2.45) is 17.6 Å². The van der Waals surface area contributed by atoms with Gasteiger partial charge in [0.2, 0.25) is 0 Å². The molecule has 20 heavy (non-hydrogen) atoms. The molecule has 0 radical (unpaired) electrons. The van der Waals surface area contributed by atoms with Crippen LogP contribution in [0.4, 0.5) is 0 Å². The molecule has 1 aromatic rings. The summed E-state index contributed by atoms with van der Waals surface area (Å²) >= 11 is 3.45. The molecule has 0 bridgehead atoms. The minimum Gasteiger partial charge on any atom is -0.497 e. The highest BCUT2D eigenvalue weighted by molar-refractivity contribution is 9.10. The van der Waals surface area contributed by atoms with E-state index in [0.29, 0.717) is 23.1 Å². The van der Waals surface area contributed by atoms with Gasteiger partial charge in [-0.2, -0.15) is 0 Å². The molecule has 2 aliphatic rings. The Balaban J connectivity index is 1.80. The minimum absolute atomic E-state index is 0.0670. The Bertz CT molecular complexity index is 535. The smallest absolute Gasteiger partial charge is 0.255 e. The van der Waals surface area contributed by atoms with E-state index in [0.717, 1.165) is 30.4 Å². The van der Waals surface area contributed by atoms with Crippen molar-refractivity contribution in [1.29, 1.82) is 0 Å². The fourth-order valence-electron chi connectivity index (χ4n) is 3.44. The fourth-order valence-corrected chi connectivity index (χ4v) is 3.86. The number of carbonyl (C=O) groups excluding carboxylic acids is 1. The molecule has 5 heteroatoms. The molecule has 1 heterocycles. The number of nitrogens with two attached hydrogens (primary N) is 1. The van der Waals surface area contributed by atoms with Gasteiger partial charge in [-0.15, -0.1) is 0 Å². The van der Waals surface area contributed by atoms with Crippen molar-refractivity contribution in [3.63, 3.8) is 0 Å². The third kappa shape index (κ3) is 2.33. The van der Waals surface area contributed by atoms with Crippen LogP contribution in [-0.4, -0.2) is 37.0 Å². The molecule has 0 spiro atoms. The van der Waals surface area contributed by atoms with Crippen molar-refractivity contribution >= 4 is 21.8 Å². The molecule has 1 aromatic carbocycles. The number of hydrogen-bond acceptors (Lipinski definition) is 3. The summed E-state index contributed by atoms with van der Waals surface area (Å²) in [5.74, 6) is 1.83. The number of nitrogens with zero attached hydrogens (tertiary/aromatic N) is 1. The van der Waals surface area contributed by atoms with Crippen molar-refractivity contribution in [3.05, 3.63) is 28.2 Å². The van der Waals surface area contributed by atoms with Gasteiger partial charge in [-0.1, -0.05) is 0 Å². The predicted octanol–water partition coefficient (Wildman–Crippen LogP) is 2.27. The number of carbonyl (C=O) groups is 1. The molecule has 3 rings (SSSR count). The van der Waals surface area contributed by atoms with Crippen LogP contribution in [0.1, 0.15) is 23.2 Å². The number of likely N-dealkylation sites (tertiary alicyclic amines) is 1. The first-order valence-corrected chi connectivity index (χ1v) is 7.78. The Labute approximate surface area is 127 Å². The normalized spacial score (nSPS) is 28.6. The van der Waals surface area contributed by atoms with Crippen LogP contribution in [0, 0.1) is 11.8 Å². The van der Waals surface area contributed by atoms with Crippen LogP contribution in [0.2, 0.25) is 0 Å². The van der Waals surface area contributed by atoms with Crippen LogP contribution in [0.5, 0.6) is 5.75 Å². The summed E-state index contributed by atoms with van der Waals surface area (Å²) in [6.45, 7) is 1.62. The number of benzene rings is 1.